The van der Waals surface area contributed by atoms with Gasteiger partial charge in [-0.3, -0.25) is 13.9 Å². The van der Waals surface area contributed by atoms with Crippen molar-refractivity contribution in [2.75, 3.05) is 18.4 Å². The van der Waals surface area contributed by atoms with Crippen LogP contribution in [-0.4, -0.2) is 31.8 Å². The van der Waals surface area contributed by atoms with Crippen LogP contribution in [0.2, 0.25) is 0 Å². The highest BCUT2D eigenvalue weighted by molar-refractivity contribution is 5.74. The van der Waals surface area contributed by atoms with Gasteiger partial charge in [0, 0.05) is 27.2 Å². The lowest BCUT2D eigenvalue weighted by atomic mass is 10.3. The molecule has 0 aromatic carbocycles. The van der Waals surface area contributed by atoms with Gasteiger partial charge in [-0.25, -0.2) is 4.79 Å². The van der Waals surface area contributed by atoms with Crippen molar-refractivity contribution < 1.29 is 0 Å². The van der Waals surface area contributed by atoms with Crippen LogP contribution in [0.1, 0.15) is 26.2 Å². The third-order valence-corrected chi connectivity index (χ3v) is 3.76. The second-order valence-corrected chi connectivity index (χ2v) is 5.39. The lowest BCUT2D eigenvalue weighted by molar-refractivity contribution is 0.583. The van der Waals surface area contributed by atoms with E-state index in [4.69, 9.17) is 5.73 Å². The van der Waals surface area contributed by atoms with Crippen molar-refractivity contribution in [1.29, 1.82) is 0 Å². The van der Waals surface area contributed by atoms with Crippen molar-refractivity contribution in [2.24, 2.45) is 19.8 Å². The number of hydrogen-bond acceptors (Lipinski definition) is 5. The SMILES string of the molecule is CCCCn1c(=O)n(C)c(=O)c2c1nc(NCCCN)n2C. The van der Waals surface area contributed by atoms with E-state index < -0.39 is 0 Å². The fourth-order valence-electron chi connectivity index (χ4n) is 2.41. The summed E-state index contributed by atoms with van der Waals surface area (Å²) in [6.45, 7) is 3.87. The molecule has 0 unspecified atom stereocenters. The number of fused-ring (bicyclic) bond motifs is 1. The molecule has 3 N–H and O–H groups in total. The normalized spacial score (nSPS) is 11.3. The number of nitrogens with two attached hydrogens (primary N) is 1. The minimum absolute atomic E-state index is 0.322. The Morgan fingerprint density at radius 1 is 1.18 bits per heavy atom. The fourth-order valence-corrected chi connectivity index (χ4v) is 2.41. The average Bonchev–Trinajstić information content (AvgIpc) is 2.82. The maximum absolute atomic E-state index is 12.4. The Labute approximate surface area is 128 Å². The van der Waals surface area contributed by atoms with Gasteiger partial charge in [-0.05, 0) is 19.4 Å². The number of nitrogens with zero attached hydrogens (tertiary/aromatic N) is 4. The molecular formula is C14H24N6O2. The number of rotatable bonds is 7. The van der Waals surface area contributed by atoms with Gasteiger partial charge in [0.1, 0.15) is 0 Å². The Morgan fingerprint density at radius 2 is 1.91 bits per heavy atom. The molecule has 0 aliphatic rings. The highest BCUT2D eigenvalue weighted by Gasteiger charge is 2.18. The van der Waals surface area contributed by atoms with Crippen molar-refractivity contribution >= 4 is 17.1 Å². The van der Waals surface area contributed by atoms with E-state index in [1.165, 1.54) is 7.05 Å². The average molecular weight is 308 g/mol. The summed E-state index contributed by atoms with van der Waals surface area (Å²) in [7, 11) is 3.28. The quantitative estimate of drug-likeness (QED) is 0.701. The van der Waals surface area contributed by atoms with Crippen LogP contribution in [-0.2, 0) is 20.6 Å². The predicted octanol–water partition coefficient (Wildman–Crippen LogP) is -0.00550. The molecule has 2 aromatic rings. The van der Waals surface area contributed by atoms with E-state index in [-0.39, 0.29) is 11.2 Å². The number of anilines is 1. The first-order valence-corrected chi connectivity index (χ1v) is 7.63. The Morgan fingerprint density at radius 3 is 2.55 bits per heavy atom. The van der Waals surface area contributed by atoms with Crippen LogP contribution in [0.3, 0.4) is 0 Å². The molecule has 2 heterocycles. The number of unbranched alkanes of at least 4 members (excludes halogenated alkanes) is 1. The number of hydrogen-bond donors (Lipinski definition) is 2. The Balaban J connectivity index is 2.61. The van der Waals surface area contributed by atoms with Crippen LogP contribution in [0.25, 0.3) is 11.2 Å². The third-order valence-electron chi connectivity index (χ3n) is 3.76. The molecule has 0 atom stereocenters. The summed E-state index contributed by atoms with van der Waals surface area (Å²) in [4.78, 5) is 29.2. The number of imidazole rings is 1. The van der Waals surface area contributed by atoms with Crippen molar-refractivity contribution in [3.05, 3.63) is 20.8 Å². The van der Waals surface area contributed by atoms with Crippen LogP contribution in [0.15, 0.2) is 9.59 Å². The van der Waals surface area contributed by atoms with Gasteiger partial charge >= 0.3 is 5.69 Å². The molecule has 0 fully saturated rings. The van der Waals surface area contributed by atoms with Gasteiger partial charge in [-0.15, -0.1) is 0 Å². The first-order chi connectivity index (χ1) is 10.5. The molecule has 122 valence electrons. The van der Waals surface area contributed by atoms with Gasteiger partial charge < -0.3 is 15.6 Å². The zero-order valence-electron chi connectivity index (χ0n) is 13.4. The minimum atomic E-state index is -0.324. The summed E-state index contributed by atoms with van der Waals surface area (Å²) in [6, 6.07) is 0. The first kappa shape index (κ1) is 16.3. The van der Waals surface area contributed by atoms with Crippen LogP contribution in [0, 0.1) is 0 Å². The van der Waals surface area contributed by atoms with E-state index >= 15 is 0 Å². The molecule has 2 aromatic heterocycles. The minimum Gasteiger partial charge on any atom is -0.356 e. The Kier molecular flexibility index (Phi) is 5.02. The summed E-state index contributed by atoms with van der Waals surface area (Å²) < 4.78 is 4.42. The van der Waals surface area contributed by atoms with Gasteiger partial charge in [-0.2, -0.15) is 4.98 Å². The molecule has 0 aliphatic heterocycles. The lowest BCUT2D eigenvalue weighted by Crippen LogP contribution is -2.38. The monoisotopic (exact) mass is 308 g/mol. The van der Waals surface area contributed by atoms with Crippen LogP contribution in [0.5, 0.6) is 0 Å². The largest absolute Gasteiger partial charge is 0.356 e. The molecule has 0 saturated heterocycles. The number of aromatic nitrogens is 4. The summed E-state index contributed by atoms with van der Waals surface area (Å²) in [5.74, 6) is 0.580. The fraction of sp³-hybridized carbons (Fsp3) is 0.643. The van der Waals surface area contributed by atoms with Crippen LogP contribution in [0.4, 0.5) is 5.95 Å². The van der Waals surface area contributed by atoms with Crippen LogP contribution < -0.4 is 22.3 Å². The van der Waals surface area contributed by atoms with Gasteiger partial charge in [-0.1, -0.05) is 13.3 Å². The van der Waals surface area contributed by atoms with E-state index in [1.54, 1.807) is 16.2 Å². The molecule has 0 saturated carbocycles. The van der Waals surface area contributed by atoms with Crippen molar-refractivity contribution in [3.63, 3.8) is 0 Å². The molecule has 0 bridgehead atoms. The summed E-state index contributed by atoms with van der Waals surface area (Å²) >= 11 is 0. The summed E-state index contributed by atoms with van der Waals surface area (Å²) in [5, 5.41) is 3.16. The van der Waals surface area contributed by atoms with Gasteiger partial charge in [0.25, 0.3) is 5.56 Å². The van der Waals surface area contributed by atoms with Crippen molar-refractivity contribution in [2.45, 2.75) is 32.7 Å². The second kappa shape index (κ2) is 6.78. The molecule has 8 heteroatoms. The number of nitrogens with one attached hydrogen (secondary N) is 1. The standard InChI is InChI=1S/C14H24N6O2/c1-4-5-9-20-11-10(12(21)19(3)14(20)22)18(2)13(17-11)16-8-6-7-15/h4-9,15H2,1-3H3,(H,16,17). The Hall–Kier alpha value is -2.09. The van der Waals surface area contributed by atoms with Gasteiger partial charge in [0.05, 0.1) is 0 Å². The van der Waals surface area contributed by atoms with E-state index in [0.717, 1.165) is 23.8 Å². The lowest BCUT2D eigenvalue weighted by Gasteiger charge is -2.08. The number of aryl methyl sites for hydroxylation is 2. The maximum atomic E-state index is 12.4. The Bertz CT molecular complexity index is 770. The topological polar surface area (TPSA) is 99.9 Å². The molecule has 22 heavy (non-hydrogen) atoms. The molecule has 0 aliphatic carbocycles. The highest BCUT2D eigenvalue weighted by atomic mass is 16.2. The summed E-state index contributed by atoms with van der Waals surface area (Å²) in [5.41, 5.74) is 5.72. The van der Waals surface area contributed by atoms with Crippen LogP contribution >= 0.6 is 0 Å². The highest BCUT2D eigenvalue weighted by Crippen LogP contribution is 2.14. The van der Waals surface area contributed by atoms with Gasteiger partial charge in [0.2, 0.25) is 5.95 Å². The maximum Gasteiger partial charge on any atom is 0.332 e. The van der Waals surface area contributed by atoms with E-state index in [2.05, 4.69) is 17.2 Å². The molecule has 0 radical (unpaired) electrons. The van der Waals surface area contributed by atoms with E-state index in [1.807, 2.05) is 0 Å². The zero-order chi connectivity index (χ0) is 16.3. The third kappa shape index (κ3) is 2.78. The second-order valence-electron chi connectivity index (χ2n) is 5.39. The first-order valence-electron chi connectivity index (χ1n) is 7.63. The molecular weight excluding hydrogens is 284 g/mol. The molecule has 2 rings (SSSR count). The molecule has 8 nitrogen and oxygen atoms in total. The van der Waals surface area contributed by atoms with E-state index in [9.17, 15) is 9.59 Å². The zero-order valence-corrected chi connectivity index (χ0v) is 13.4. The smallest absolute Gasteiger partial charge is 0.332 e. The predicted molar refractivity (Wildman–Crippen MR) is 87.3 cm³/mol. The van der Waals surface area contributed by atoms with Crippen molar-refractivity contribution in [1.82, 2.24) is 18.7 Å². The summed E-state index contributed by atoms with van der Waals surface area (Å²) in [6.07, 6.45) is 2.63. The molecule has 0 amide bonds. The van der Waals surface area contributed by atoms with E-state index in [0.29, 0.717) is 36.7 Å². The van der Waals surface area contributed by atoms with Crippen molar-refractivity contribution in [3.8, 4) is 0 Å². The molecule has 0 spiro atoms. The van der Waals surface area contributed by atoms with Gasteiger partial charge in [0.15, 0.2) is 11.2 Å².